The van der Waals surface area contributed by atoms with Gasteiger partial charge in [-0.2, -0.15) is 5.26 Å². The van der Waals surface area contributed by atoms with Crippen molar-refractivity contribution in [1.29, 1.82) is 5.26 Å². The topological polar surface area (TPSA) is 106 Å². The Morgan fingerprint density at radius 3 is 2.62 bits per heavy atom. The molecule has 3 rings (SSSR count). The first-order valence-corrected chi connectivity index (χ1v) is 10.9. The van der Waals surface area contributed by atoms with Crippen molar-refractivity contribution >= 4 is 21.7 Å². The molecule has 1 aliphatic heterocycles. The predicted octanol–water partition coefficient (Wildman–Crippen LogP) is 1.52. The lowest BCUT2D eigenvalue weighted by Crippen LogP contribution is -2.49. The largest absolute Gasteiger partial charge is 0.352 e. The molecule has 1 amide bonds. The fourth-order valence-electron chi connectivity index (χ4n) is 3.30. The molecular weight excluding hydrogens is 390 g/mol. The Balaban J connectivity index is 1.77. The molecule has 0 spiro atoms. The summed E-state index contributed by atoms with van der Waals surface area (Å²) in [6.45, 7) is 5.79. The number of carbonyl (C=O) groups excluding carboxylic acids is 1. The molecule has 8 nitrogen and oxygen atoms in total. The zero-order chi connectivity index (χ0) is 21.0. The number of carbonyl (C=O) groups is 1. The lowest BCUT2D eigenvalue weighted by atomic mass is 10.1. The molecule has 29 heavy (non-hydrogen) atoms. The summed E-state index contributed by atoms with van der Waals surface area (Å²) in [4.78, 5) is 21.1. The van der Waals surface area contributed by atoms with E-state index in [0.29, 0.717) is 43.1 Å². The quantitative estimate of drug-likeness (QED) is 0.797. The van der Waals surface area contributed by atoms with Gasteiger partial charge in [0.2, 0.25) is 10.0 Å². The van der Waals surface area contributed by atoms with Crippen molar-refractivity contribution in [2.24, 2.45) is 0 Å². The molecule has 1 saturated heterocycles. The van der Waals surface area contributed by atoms with Crippen molar-refractivity contribution in [3.05, 3.63) is 53.2 Å². The molecule has 1 N–H and O–H groups in total. The minimum atomic E-state index is -3.63. The zero-order valence-electron chi connectivity index (χ0n) is 16.4. The summed E-state index contributed by atoms with van der Waals surface area (Å²) in [6.07, 6.45) is 1.65. The van der Waals surface area contributed by atoms with E-state index in [4.69, 9.17) is 0 Å². The molecule has 1 fully saturated rings. The number of pyridine rings is 1. The van der Waals surface area contributed by atoms with Crippen LogP contribution in [0.1, 0.15) is 28.4 Å². The molecule has 0 radical (unpaired) electrons. The van der Waals surface area contributed by atoms with E-state index in [-0.39, 0.29) is 17.3 Å². The van der Waals surface area contributed by atoms with Crippen LogP contribution in [0.5, 0.6) is 0 Å². The minimum Gasteiger partial charge on any atom is -0.352 e. The van der Waals surface area contributed by atoms with Gasteiger partial charge in [0.15, 0.2) is 0 Å². The number of hydrogen-bond acceptors (Lipinski definition) is 6. The van der Waals surface area contributed by atoms with Crippen LogP contribution in [0.4, 0.5) is 5.82 Å². The van der Waals surface area contributed by atoms with Gasteiger partial charge >= 0.3 is 0 Å². The van der Waals surface area contributed by atoms with Crippen molar-refractivity contribution in [2.75, 3.05) is 37.6 Å². The number of amides is 1. The predicted molar refractivity (Wildman–Crippen MR) is 109 cm³/mol. The van der Waals surface area contributed by atoms with Gasteiger partial charge < -0.3 is 9.80 Å². The minimum absolute atomic E-state index is 0.0825. The molecule has 1 aromatic carbocycles. The SMILES string of the molecule is CCNS(=O)(=O)c1ccc(C)c(C(=O)N2CCN(c3ncccc3C#N)CC2)c1. The average molecular weight is 414 g/mol. The zero-order valence-corrected chi connectivity index (χ0v) is 17.2. The Morgan fingerprint density at radius 2 is 1.97 bits per heavy atom. The summed E-state index contributed by atoms with van der Waals surface area (Å²) in [6, 6.07) is 10.2. The van der Waals surface area contributed by atoms with E-state index < -0.39 is 10.0 Å². The second-order valence-corrected chi connectivity index (χ2v) is 8.51. The van der Waals surface area contributed by atoms with Crippen LogP contribution < -0.4 is 9.62 Å². The highest BCUT2D eigenvalue weighted by molar-refractivity contribution is 7.89. The number of rotatable bonds is 5. The third-order valence-electron chi connectivity index (χ3n) is 4.86. The Morgan fingerprint density at radius 1 is 1.24 bits per heavy atom. The Hall–Kier alpha value is -2.96. The van der Waals surface area contributed by atoms with Crippen LogP contribution >= 0.6 is 0 Å². The number of aromatic nitrogens is 1. The van der Waals surface area contributed by atoms with Crippen molar-refractivity contribution < 1.29 is 13.2 Å². The van der Waals surface area contributed by atoms with E-state index in [1.54, 1.807) is 43.1 Å². The molecule has 2 heterocycles. The van der Waals surface area contributed by atoms with Gasteiger partial charge in [0.05, 0.1) is 10.5 Å². The van der Waals surface area contributed by atoms with Crippen LogP contribution in [0.25, 0.3) is 0 Å². The van der Waals surface area contributed by atoms with Gasteiger partial charge in [-0.15, -0.1) is 0 Å². The number of anilines is 1. The van der Waals surface area contributed by atoms with Gasteiger partial charge in [-0.25, -0.2) is 18.1 Å². The number of piperazine rings is 1. The number of sulfonamides is 1. The summed E-state index contributed by atoms with van der Waals surface area (Å²) in [7, 11) is -3.63. The smallest absolute Gasteiger partial charge is 0.254 e. The Kier molecular flexibility index (Phi) is 6.15. The average Bonchev–Trinajstić information content (AvgIpc) is 2.73. The third kappa shape index (κ3) is 4.39. The van der Waals surface area contributed by atoms with Crippen LogP contribution in [0.15, 0.2) is 41.4 Å². The van der Waals surface area contributed by atoms with Crippen molar-refractivity contribution in [2.45, 2.75) is 18.7 Å². The molecule has 0 aliphatic carbocycles. The first-order chi connectivity index (χ1) is 13.9. The van der Waals surface area contributed by atoms with Crippen LogP contribution in [0.2, 0.25) is 0 Å². The molecule has 0 atom stereocenters. The molecule has 9 heteroatoms. The van der Waals surface area contributed by atoms with Gasteiger partial charge in [-0.3, -0.25) is 4.79 Å². The maximum absolute atomic E-state index is 13.0. The van der Waals surface area contributed by atoms with E-state index in [1.807, 2.05) is 4.90 Å². The number of nitriles is 1. The summed E-state index contributed by atoms with van der Waals surface area (Å²) < 4.78 is 27.0. The molecule has 152 valence electrons. The summed E-state index contributed by atoms with van der Waals surface area (Å²) in [5.74, 6) is 0.425. The number of hydrogen-bond donors (Lipinski definition) is 1. The van der Waals surface area contributed by atoms with Crippen LogP contribution in [0.3, 0.4) is 0 Å². The van der Waals surface area contributed by atoms with Crippen molar-refractivity contribution in [1.82, 2.24) is 14.6 Å². The van der Waals surface area contributed by atoms with Crippen LogP contribution in [0, 0.1) is 18.3 Å². The molecule has 0 unspecified atom stereocenters. The highest BCUT2D eigenvalue weighted by Crippen LogP contribution is 2.21. The maximum Gasteiger partial charge on any atom is 0.254 e. The highest BCUT2D eigenvalue weighted by Gasteiger charge is 2.26. The van der Waals surface area contributed by atoms with Crippen LogP contribution in [-0.4, -0.2) is 56.9 Å². The highest BCUT2D eigenvalue weighted by atomic mass is 32.2. The van der Waals surface area contributed by atoms with Gasteiger partial charge in [0, 0.05) is 44.5 Å². The molecule has 1 aliphatic rings. The number of benzene rings is 1. The van der Waals surface area contributed by atoms with E-state index in [2.05, 4.69) is 15.8 Å². The molecule has 0 saturated carbocycles. The van der Waals surface area contributed by atoms with Crippen molar-refractivity contribution in [3.8, 4) is 6.07 Å². The van der Waals surface area contributed by atoms with E-state index >= 15 is 0 Å². The lowest BCUT2D eigenvalue weighted by molar-refractivity contribution is 0.0745. The lowest BCUT2D eigenvalue weighted by Gasteiger charge is -2.36. The van der Waals surface area contributed by atoms with Crippen molar-refractivity contribution in [3.63, 3.8) is 0 Å². The monoisotopic (exact) mass is 413 g/mol. The number of aryl methyl sites for hydroxylation is 1. The molecular formula is C20H23N5O3S. The second-order valence-electron chi connectivity index (χ2n) is 6.74. The van der Waals surface area contributed by atoms with E-state index in [1.165, 1.54) is 12.1 Å². The summed E-state index contributed by atoms with van der Waals surface area (Å²) in [5, 5.41) is 9.26. The van der Waals surface area contributed by atoms with Gasteiger partial charge in [0.25, 0.3) is 5.91 Å². The van der Waals surface area contributed by atoms with Gasteiger partial charge in [-0.1, -0.05) is 13.0 Å². The second kappa shape index (κ2) is 8.59. The molecule has 1 aromatic heterocycles. The standard InChI is InChI=1S/C20H23N5O3S/c1-3-23-29(27,28)17-7-6-15(2)18(13-17)20(26)25-11-9-24(10-12-25)19-16(14-21)5-4-8-22-19/h4-8,13,23H,3,9-12H2,1-2H3. The van der Waals surface area contributed by atoms with E-state index in [0.717, 1.165) is 5.56 Å². The fraction of sp³-hybridized carbons (Fsp3) is 0.350. The third-order valence-corrected chi connectivity index (χ3v) is 6.40. The molecule has 2 aromatic rings. The molecule has 0 bridgehead atoms. The van der Waals surface area contributed by atoms with E-state index in [9.17, 15) is 18.5 Å². The first kappa shape index (κ1) is 20.8. The fourth-order valence-corrected chi connectivity index (χ4v) is 4.37. The first-order valence-electron chi connectivity index (χ1n) is 9.37. The van der Waals surface area contributed by atoms with Gasteiger partial charge in [-0.05, 0) is 36.8 Å². The Labute approximate surface area is 170 Å². The Bertz CT molecular complexity index is 1050. The van der Waals surface area contributed by atoms with Crippen LogP contribution in [-0.2, 0) is 10.0 Å². The van der Waals surface area contributed by atoms with Gasteiger partial charge in [0.1, 0.15) is 11.9 Å². The maximum atomic E-state index is 13.0. The number of nitrogens with one attached hydrogen (secondary N) is 1. The number of nitrogens with zero attached hydrogens (tertiary/aromatic N) is 4. The summed E-state index contributed by atoms with van der Waals surface area (Å²) in [5.41, 5.74) is 1.61. The normalized spacial score (nSPS) is 14.5. The summed E-state index contributed by atoms with van der Waals surface area (Å²) >= 11 is 0.